The normalized spacial score (nSPS) is 26.7. The molecule has 1 aliphatic heterocycles. The monoisotopic (exact) mass is 214 g/mol. The first-order valence-corrected chi connectivity index (χ1v) is 5.79. The molecule has 1 fully saturated rings. The molecule has 4 heteroatoms. The molecule has 1 saturated heterocycles. The van der Waals surface area contributed by atoms with Gasteiger partial charge in [-0.25, -0.2) is 0 Å². The number of carbonyl (C=O) groups excluding carboxylic acids is 1. The van der Waals surface area contributed by atoms with E-state index in [-0.39, 0.29) is 17.9 Å². The van der Waals surface area contributed by atoms with Gasteiger partial charge in [-0.2, -0.15) is 0 Å². The molecule has 0 aliphatic carbocycles. The fourth-order valence-electron chi connectivity index (χ4n) is 2.16. The van der Waals surface area contributed by atoms with Gasteiger partial charge in [-0.3, -0.25) is 4.79 Å². The Bertz CT molecular complexity index is 209. The van der Waals surface area contributed by atoms with Crippen LogP contribution in [0.25, 0.3) is 0 Å². The molecule has 0 bridgehead atoms. The summed E-state index contributed by atoms with van der Waals surface area (Å²) >= 11 is 0. The Balaban J connectivity index is 2.45. The lowest BCUT2D eigenvalue weighted by atomic mass is 9.91. The highest BCUT2D eigenvalue weighted by atomic mass is 16.3. The summed E-state index contributed by atoms with van der Waals surface area (Å²) in [5, 5.41) is 12.6. The van der Waals surface area contributed by atoms with E-state index in [1.165, 1.54) is 0 Å². The summed E-state index contributed by atoms with van der Waals surface area (Å²) in [5.74, 6) is 0.412. The van der Waals surface area contributed by atoms with Gasteiger partial charge in [0.05, 0.1) is 12.6 Å². The van der Waals surface area contributed by atoms with Crippen LogP contribution >= 0.6 is 0 Å². The van der Waals surface area contributed by atoms with Crippen molar-refractivity contribution >= 4 is 5.91 Å². The van der Waals surface area contributed by atoms with Crippen molar-refractivity contribution in [3.8, 4) is 0 Å². The van der Waals surface area contributed by atoms with E-state index >= 15 is 0 Å². The lowest BCUT2D eigenvalue weighted by Crippen LogP contribution is -2.48. The van der Waals surface area contributed by atoms with E-state index in [1.807, 2.05) is 4.90 Å². The Morgan fingerprint density at radius 1 is 1.60 bits per heavy atom. The lowest BCUT2D eigenvalue weighted by molar-refractivity contribution is -0.134. The van der Waals surface area contributed by atoms with Gasteiger partial charge < -0.3 is 15.3 Å². The van der Waals surface area contributed by atoms with Crippen molar-refractivity contribution in [1.82, 2.24) is 10.2 Å². The largest absolute Gasteiger partial charge is 0.393 e. The summed E-state index contributed by atoms with van der Waals surface area (Å²) in [4.78, 5) is 13.5. The van der Waals surface area contributed by atoms with E-state index in [0.717, 1.165) is 25.8 Å². The topological polar surface area (TPSA) is 52.6 Å². The molecular weight excluding hydrogens is 192 g/mol. The van der Waals surface area contributed by atoms with Crippen LogP contribution < -0.4 is 5.32 Å². The number of carbonyl (C=O) groups is 1. The fourth-order valence-corrected chi connectivity index (χ4v) is 2.16. The van der Waals surface area contributed by atoms with Crippen molar-refractivity contribution in [2.75, 3.05) is 26.7 Å². The van der Waals surface area contributed by atoms with Crippen LogP contribution in [0.5, 0.6) is 0 Å². The van der Waals surface area contributed by atoms with Gasteiger partial charge in [-0.05, 0) is 19.9 Å². The number of likely N-dealkylation sites (tertiary alicyclic amines) is 1. The third-order valence-corrected chi connectivity index (χ3v) is 3.03. The molecule has 0 aromatic carbocycles. The predicted molar refractivity (Wildman–Crippen MR) is 59.5 cm³/mol. The summed E-state index contributed by atoms with van der Waals surface area (Å²) in [6, 6.07) is 0. The SMILES string of the molecule is CCC[C@@H]1CN(C(=O)CNC)CC[C@@H]1O. The highest BCUT2D eigenvalue weighted by molar-refractivity contribution is 5.78. The summed E-state index contributed by atoms with van der Waals surface area (Å²) < 4.78 is 0. The van der Waals surface area contributed by atoms with E-state index in [9.17, 15) is 9.90 Å². The maximum absolute atomic E-state index is 11.6. The summed E-state index contributed by atoms with van der Waals surface area (Å²) in [6.45, 7) is 3.92. The molecule has 0 saturated carbocycles. The van der Waals surface area contributed by atoms with Gasteiger partial charge in [0.15, 0.2) is 0 Å². The predicted octanol–water partition coefficient (Wildman–Crippen LogP) is 0.215. The van der Waals surface area contributed by atoms with Crippen molar-refractivity contribution < 1.29 is 9.90 Å². The Hall–Kier alpha value is -0.610. The Morgan fingerprint density at radius 2 is 2.33 bits per heavy atom. The molecule has 1 aliphatic rings. The number of amides is 1. The molecule has 88 valence electrons. The maximum Gasteiger partial charge on any atom is 0.236 e. The quantitative estimate of drug-likeness (QED) is 0.703. The van der Waals surface area contributed by atoms with Crippen molar-refractivity contribution in [2.24, 2.45) is 5.92 Å². The zero-order valence-electron chi connectivity index (χ0n) is 9.70. The van der Waals surface area contributed by atoms with E-state index in [0.29, 0.717) is 13.1 Å². The minimum Gasteiger partial charge on any atom is -0.393 e. The van der Waals surface area contributed by atoms with Crippen LogP contribution in [-0.2, 0) is 4.79 Å². The van der Waals surface area contributed by atoms with Gasteiger partial charge in [-0.15, -0.1) is 0 Å². The van der Waals surface area contributed by atoms with Crippen molar-refractivity contribution in [2.45, 2.75) is 32.3 Å². The van der Waals surface area contributed by atoms with E-state index in [4.69, 9.17) is 0 Å². The number of aliphatic hydroxyl groups is 1. The van der Waals surface area contributed by atoms with Gasteiger partial charge >= 0.3 is 0 Å². The number of likely N-dealkylation sites (N-methyl/N-ethyl adjacent to an activating group) is 1. The van der Waals surface area contributed by atoms with Crippen molar-refractivity contribution in [3.05, 3.63) is 0 Å². The zero-order valence-corrected chi connectivity index (χ0v) is 9.70. The minimum atomic E-state index is -0.219. The van der Waals surface area contributed by atoms with E-state index in [1.54, 1.807) is 7.05 Å². The second-order valence-corrected chi connectivity index (χ2v) is 4.27. The minimum absolute atomic E-state index is 0.144. The van der Waals surface area contributed by atoms with Crippen LogP contribution in [0.3, 0.4) is 0 Å². The molecule has 0 aromatic rings. The molecular formula is C11H22N2O2. The van der Waals surface area contributed by atoms with Gasteiger partial charge in [0.2, 0.25) is 5.91 Å². The first-order chi connectivity index (χ1) is 7.19. The van der Waals surface area contributed by atoms with Gasteiger partial charge in [0.1, 0.15) is 0 Å². The van der Waals surface area contributed by atoms with Gasteiger partial charge in [0, 0.05) is 19.0 Å². The molecule has 15 heavy (non-hydrogen) atoms. The molecule has 0 radical (unpaired) electrons. The second-order valence-electron chi connectivity index (χ2n) is 4.27. The number of piperidine rings is 1. The average Bonchev–Trinajstić information content (AvgIpc) is 2.22. The second kappa shape index (κ2) is 6.08. The molecule has 0 unspecified atom stereocenters. The maximum atomic E-state index is 11.6. The van der Waals surface area contributed by atoms with Crippen LogP contribution in [0.1, 0.15) is 26.2 Å². The number of nitrogens with one attached hydrogen (secondary N) is 1. The fraction of sp³-hybridized carbons (Fsp3) is 0.909. The lowest BCUT2D eigenvalue weighted by Gasteiger charge is -2.36. The van der Waals surface area contributed by atoms with Crippen LogP contribution in [0.2, 0.25) is 0 Å². The average molecular weight is 214 g/mol. The summed E-state index contributed by atoms with van der Waals surface area (Å²) in [6.07, 6.45) is 2.57. The van der Waals surface area contributed by atoms with E-state index < -0.39 is 0 Å². The molecule has 4 nitrogen and oxygen atoms in total. The highest BCUT2D eigenvalue weighted by Gasteiger charge is 2.28. The van der Waals surface area contributed by atoms with Gasteiger partial charge in [-0.1, -0.05) is 13.3 Å². The van der Waals surface area contributed by atoms with Crippen LogP contribution in [-0.4, -0.2) is 48.7 Å². The number of nitrogens with zero attached hydrogens (tertiary/aromatic N) is 1. The van der Waals surface area contributed by atoms with Crippen LogP contribution in [0, 0.1) is 5.92 Å². The molecule has 2 atom stereocenters. The summed E-state index contributed by atoms with van der Waals surface area (Å²) in [5.41, 5.74) is 0. The zero-order chi connectivity index (χ0) is 11.3. The molecule has 0 spiro atoms. The van der Waals surface area contributed by atoms with Crippen molar-refractivity contribution in [1.29, 1.82) is 0 Å². The number of hydrogen-bond acceptors (Lipinski definition) is 3. The molecule has 1 amide bonds. The Kier molecular flexibility index (Phi) is 5.05. The van der Waals surface area contributed by atoms with Crippen LogP contribution in [0.15, 0.2) is 0 Å². The number of hydrogen-bond donors (Lipinski definition) is 2. The molecule has 2 N–H and O–H groups in total. The standard InChI is InChI=1S/C11H22N2O2/c1-3-4-9-8-13(6-5-10(9)14)11(15)7-12-2/h9-10,12,14H,3-8H2,1-2H3/t9-,10+/m1/s1. The Morgan fingerprint density at radius 3 is 2.93 bits per heavy atom. The third-order valence-electron chi connectivity index (χ3n) is 3.03. The van der Waals surface area contributed by atoms with Crippen LogP contribution in [0.4, 0.5) is 0 Å². The molecule has 1 rings (SSSR count). The first kappa shape index (κ1) is 12.5. The Labute approximate surface area is 91.6 Å². The number of aliphatic hydroxyl groups excluding tert-OH is 1. The molecule has 1 heterocycles. The highest BCUT2D eigenvalue weighted by Crippen LogP contribution is 2.21. The number of rotatable bonds is 4. The van der Waals surface area contributed by atoms with Crippen molar-refractivity contribution in [3.63, 3.8) is 0 Å². The first-order valence-electron chi connectivity index (χ1n) is 5.79. The van der Waals surface area contributed by atoms with Gasteiger partial charge in [0.25, 0.3) is 0 Å². The van der Waals surface area contributed by atoms with E-state index in [2.05, 4.69) is 12.2 Å². The molecule has 0 aromatic heterocycles. The summed E-state index contributed by atoms with van der Waals surface area (Å²) in [7, 11) is 1.78. The third kappa shape index (κ3) is 3.47. The smallest absolute Gasteiger partial charge is 0.236 e.